The summed E-state index contributed by atoms with van der Waals surface area (Å²) in [7, 11) is 0. The Balaban J connectivity index is 2.69. The zero-order valence-electron chi connectivity index (χ0n) is 7.96. The Morgan fingerprint density at radius 3 is 2.64 bits per heavy atom. The van der Waals surface area contributed by atoms with E-state index < -0.39 is 5.38 Å². The van der Waals surface area contributed by atoms with Crippen molar-refractivity contribution in [1.82, 2.24) is 0 Å². The van der Waals surface area contributed by atoms with E-state index in [1.165, 1.54) is 0 Å². The number of carbonyl (C=O) groups excluding carboxylic acids is 1. The summed E-state index contributed by atoms with van der Waals surface area (Å²) in [5.74, 6) is 5.09. The molecule has 0 saturated heterocycles. The SMILES string of the molecule is CCC(Cl)C(=O)C#Cc1ccccc1. The summed E-state index contributed by atoms with van der Waals surface area (Å²) in [5.41, 5.74) is 0.834. The van der Waals surface area contributed by atoms with Crippen LogP contribution in [0.1, 0.15) is 18.9 Å². The largest absolute Gasteiger partial charge is 0.283 e. The van der Waals surface area contributed by atoms with E-state index in [1.807, 2.05) is 37.3 Å². The van der Waals surface area contributed by atoms with Crippen LogP contribution in [0.25, 0.3) is 0 Å². The van der Waals surface area contributed by atoms with Crippen LogP contribution < -0.4 is 0 Å². The third-order valence-corrected chi connectivity index (χ3v) is 2.25. The molecule has 0 saturated carbocycles. The minimum Gasteiger partial charge on any atom is -0.283 e. The van der Waals surface area contributed by atoms with Gasteiger partial charge in [-0.3, -0.25) is 4.79 Å². The summed E-state index contributed by atoms with van der Waals surface area (Å²) < 4.78 is 0. The van der Waals surface area contributed by atoms with Crippen LogP contribution in [0.5, 0.6) is 0 Å². The van der Waals surface area contributed by atoms with Gasteiger partial charge in [0.2, 0.25) is 5.78 Å². The van der Waals surface area contributed by atoms with Gasteiger partial charge in [-0.25, -0.2) is 0 Å². The molecule has 1 aromatic carbocycles. The molecule has 0 aromatic heterocycles. The lowest BCUT2D eigenvalue weighted by Crippen LogP contribution is -2.10. The Labute approximate surface area is 89.1 Å². The average Bonchev–Trinajstić information content (AvgIpc) is 2.26. The second-order valence-corrected chi connectivity index (χ2v) is 3.38. The van der Waals surface area contributed by atoms with E-state index in [-0.39, 0.29) is 5.78 Å². The quantitative estimate of drug-likeness (QED) is 0.537. The predicted octanol–water partition coefficient (Wildman–Crippen LogP) is 2.62. The fourth-order valence-corrected chi connectivity index (χ4v) is 0.974. The average molecular weight is 207 g/mol. The van der Waals surface area contributed by atoms with Gasteiger partial charge in [0.15, 0.2) is 0 Å². The zero-order valence-corrected chi connectivity index (χ0v) is 8.71. The number of rotatable bonds is 2. The molecule has 0 spiro atoms. The fourth-order valence-electron chi connectivity index (χ4n) is 0.919. The summed E-state index contributed by atoms with van der Waals surface area (Å²) >= 11 is 5.73. The summed E-state index contributed by atoms with van der Waals surface area (Å²) in [6.45, 7) is 1.86. The summed E-state index contributed by atoms with van der Waals surface area (Å²) in [6.07, 6.45) is 0.615. The van der Waals surface area contributed by atoms with E-state index in [9.17, 15) is 4.79 Å². The summed E-state index contributed by atoms with van der Waals surface area (Å²) in [5, 5.41) is -0.480. The van der Waals surface area contributed by atoms with Gasteiger partial charge < -0.3 is 0 Å². The van der Waals surface area contributed by atoms with Gasteiger partial charge in [-0.2, -0.15) is 0 Å². The third kappa shape index (κ3) is 3.24. The number of Topliss-reactive ketones (excluding diaryl/α,β-unsaturated/α-hetero) is 1. The first-order valence-corrected chi connectivity index (χ1v) is 4.92. The highest BCUT2D eigenvalue weighted by Gasteiger charge is 2.08. The zero-order chi connectivity index (χ0) is 10.4. The molecular weight excluding hydrogens is 196 g/mol. The summed E-state index contributed by atoms with van der Waals surface area (Å²) in [6, 6.07) is 9.38. The Bertz CT molecular complexity index is 359. The van der Waals surface area contributed by atoms with Gasteiger partial charge in [0, 0.05) is 5.56 Å². The number of halogens is 1. The van der Waals surface area contributed by atoms with Crippen LogP contribution >= 0.6 is 11.6 Å². The van der Waals surface area contributed by atoms with Gasteiger partial charge in [-0.15, -0.1) is 11.6 Å². The van der Waals surface area contributed by atoms with Crippen molar-refractivity contribution in [2.24, 2.45) is 0 Å². The van der Waals surface area contributed by atoms with Crippen LogP contribution in [-0.4, -0.2) is 11.2 Å². The lowest BCUT2D eigenvalue weighted by Gasteiger charge is -1.96. The van der Waals surface area contributed by atoms with Crippen LogP contribution in [0.15, 0.2) is 30.3 Å². The van der Waals surface area contributed by atoms with Crippen molar-refractivity contribution in [3.05, 3.63) is 35.9 Å². The monoisotopic (exact) mass is 206 g/mol. The first kappa shape index (κ1) is 10.8. The summed E-state index contributed by atoms with van der Waals surface area (Å²) in [4.78, 5) is 11.2. The van der Waals surface area contributed by atoms with Crippen molar-refractivity contribution in [3.63, 3.8) is 0 Å². The molecule has 0 amide bonds. The molecule has 0 aliphatic heterocycles. The van der Waals surface area contributed by atoms with Crippen molar-refractivity contribution in [2.75, 3.05) is 0 Å². The lowest BCUT2D eigenvalue weighted by atomic mass is 10.2. The van der Waals surface area contributed by atoms with Gasteiger partial charge in [-0.05, 0) is 24.5 Å². The van der Waals surface area contributed by atoms with Crippen molar-refractivity contribution < 1.29 is 4.79 Å². The maximum absolute atomic E-state index is 11.2. The minimum atomic E-state index is -0.480. The lowest BCUT2D eigenvalue weighted by molar-refractivity contribution is -0.113. The second kappa shape index (κ2) is 5.47. The molecule has 14 heavy (non-hydrogen) atoms. The molecule has 72 valence electrons. The Hall–Kier alpha value is -1.26. The highest BCUT2D eigenvalue weighted by atomic mass is 35.5. The van der Waals surface area contributed by atoms with Crippen LogP contribution in [0.2, 0.25) is 0 Å². The molecule has 0 aliphatic carbocycles. The third-order valence-electron chi connectivity index (χ3n) is 1.75. The molecule has 0 radical (unpaired) electrons. The van der Waals surface area contributed by atoms with Crippen LogP contribution in [0, 0.1) is 11.8 Å². The van der Waals surface area contributed by atoms with Crippen LogP contribution in [-0.2, 0) is 4.79 Å². The molecule has 1 rings (SSSR count). The van der Waals surface area contributed by atoms with E-state index >= 15 is 0 Å². The smallest absolute Gasteiger partial charge is 0.223 e. The van der Waals surface area contributed by atoms with Gasteiger partial charge in [-0.1, -0.05) is 31.0 Å². The first-order valence-electron chi connectivity index (χ1n) is 4.49. The number of ketones is 1. The predicted molar refractivity (Wildman–Crippen MR) is 58.3 cm³/mol. The Morgan fingerprint density at radius 2 is 2.07 bits per heavy atom. The second-order valence-electron chi connectivity index (χ2n) is 2.86. The molecule has 0 aliphatic rings. The van der Waals surface area contributed by atoms with E-state index in [0.717, 1.165) is 5.56 Å². The Kier molecular flexibility index (Phi) is 4.22. The number of carbonyl (C=O) groups is 1. The van der Waals surface area contributed by atoms with Gasteiger partial charge in [0.1, 0.15) is 5.38 Å². The maximum atomic E-state index is 11.2. The first-order chi connectivity index (χ1) is 6.74. The highest BCUT2D eigenvalue weighted by Crippen LogP contribution is 2.02. The Morgan fingerprint density at radius 1 is 1.43 bits per heavy atom. The van der Waals surface area contributed by atoms with E-state index in [4.69, 9.17) is 11.6 Å². The molecule has 1 aromatic rings. The fraction of sp³-hybridized carbons (Fsp3) is 0.250. The highest BCUT2D eigenvalue weighted by molar-refractivity contribution is 6.33. The molecule has 1 unspecified atom stereocenters. The molecule has 0 heterocycles. The van der Waals surface area contributed by atoms with Crippen molar-refractivity contribution >= 4 is 17.4 Å². The van der Waals surface area contributed by atoms with Gasteiger partial charge in [0.25, 0.3) is 0 Å². The standard InChI is InChI=1S/C12H11ClO/c1-2-11(13)12(14)9-8-10-6-4-3-5-7-10/h3-7,11H,2H2,1H3. The molecule has 1 nitrogen and oxygen atoms in total. The van der Waals surface area contributed by atoms with E-state index in [0.29, 0.717) is 6.42 Å². The van der Waals surface area contributed by atoms with Crippen LogP contribution in [0.3, 0.4) is 0 Å². The number of hydrogen-bond acceptors (Lipinski definition) is 1. The van der Waals surface area contributed by atoms with Crippen molar-refractivity contribution in [2.45, 2.75) is 18.7 Å². The topological polar surface area (TPSA) is 17.1 Å². The van der Waals surface area contributed by atoms with Crippen molar-refractivity contribution in [3.8, 4) is 11.8 Å². The van der Waals surface area contributed by atoms with Crippen molar-refractivity contribution in [1.29, 1.82) is 0 Å². The number of alkyl halides is 1. The molecule has 0 fully saturated rings. The van der Waals surface area contributed by atoms with Gasteiger partial charge >= 0.3 is 0 Å². The van der Waals surface area contributed by atoms with E-state index in [2.05, 4.69) is 11.8 Å². The molecule has 1 atom stereocenters. The molecule has 2 heteroatoms. The number of benzene rings is 1. The van der Waals surface area contributed by atoms with E-state index in [1.54, 1.807) is 0 Å². The molecule has 0 bridgehead atoms. The molecular formula is C12H11ClO. The maximum Gasteiger partial charge on any atom is 0.223 e. The molecule has 0 N–H and O–H groups in total. The van der Waals surface area contributed by atoms with Crippen LogP contribution in [0.4, 0.5) is 0 Å². The van der Waals surface area contributed by atoms with Gasteiger partial charge in [0.05, 0.1) is 0 Å². The normalized spacial score (nSPS) is 11.3. The minimum absolute atomic E-state index is 0.210. The number of hydrogen-bond donors (Lipinski definition) is 0.